The molecule has 0 unspecified atom stereocenters. The van der Waals surface area contributed by atoms with Crippen LogP contribution in [0.4, 0.5) is 10.1 Å². The van der Waals surface area contributed by atoms with Crippen molar-refractivity contribution in [2.75, 3.05) is 10.7 Å². The number of amides is 1. The smallest absolute Gasteiger partial charge is 0.243 e. The molecule has 0 aliphatic carbocycles. The molecule has 0 bridgehead atoms. The van der Waals surface area contributed by atoms with Crippen molar-refractivity contribution in [2.45, 2.75) is 0 Å². The van der Waals surface area contributed by atoms with Gasteiger partial charge in [0.25, 0.3) is 0 Å². The fourth-order valence-electron chi connectivity index (χ4n) is 1.22. The Morgan fingerprint density at radius 3 is 2.71 bits per heavy atom. The minimum Gasteiger partial charge on any atom is -0.273 e. The van der Waals surface area contributed by atoms with Gasteiger partial charge in [-0.05, 0) is 12.1 Å². The summed E-state index contributed by atoms with van der Waals surface area (Å²) in [5.74, 6) is -0.288. The summed E-state index contributed by atoms with van der Waals surface area (Å²) in [4.78, 5) is 12.6. The zero-order valence-corrected chi connectivity index (χ0v) is 8.70. The molecule has 0 spiro atoms. The van der Waals surface area contributed by atoms with Gasteiger partial charge in [-0.1, -0.05) is 36.1 Å². The third-order valence-corrected chi connectivity index (χ3v) is 3.20. The number of halogens is 1. The van der Waals surface area contributed by atoms with Crippen molar-refractivity contribution >= 4 is 39.9 Å². The number of rotatable bonds is 1. The molecule has 0 aromatic heterocycles. The maximum atomic E-state index is 13.3. The number of nitrogens with zero attached hydrogens (tertiary/aromatic N) is 1. The monoisotopic (exact) mass is 227 g/mol. The van der Waals surface area contributed by atoms with Gasteiger partial charge in [-0.2, -0.15) is 0 Å². The van der Waals surface area contributed by atoms with Gasteiger partial charge in [0.15, 0.2) is 0 Å². The van der Waals surface area contributed by atoms with Gasteiger partial charge in [0, 0.05) is 0 Å². The Morgan fingerprint density at radius 2 is 2.14 bits per heavy atom. The molecule has 1 aliphatic heterocycles. The lowest BCUT2D eigenvalue weighted by Crippen LogP contribution is -2.28. The fourth-order valence-corrected chi connectivity index (χ4v) is 2.30. The standard InChI is InChI=1S/C9H6FNOS2/c10-6-3-1-2-4-7(6)11-8(12)5-14-9(11)13/h1-4H,5H2. The molecule has 1 aromatic carbocycles. The Bertz CT molecular complexity index is 392. The van der Waals surface area contributed by atoms with E-state index in [9.17, 15) is 9.18 Å². The van der Waals surface area contributed by atoms with E-state index in [0.717, 1.165) is 0 Å². The number of carbonyl (C=O) groups excluding carboxylic acids is 1. The molecule has 2 nitrogen and oxygen atoms in total. The minimum atomic E-state index is -0.425. The third-order valence-electron chi connectivity index (χ3n) is 1.84. The Balaban J connectivity index is 2.44. The number of benzene rings is 1. The predicted molar refractivity (Wildman–Crippen MR) is 58.9 cm³/mol. The van der Waals surface area contributed by atoms with Crippen LogP contribution in [0.15, 0.2) is 24.3 Å². The molecule has 1 heterocycles. The van der Waals surface area contributed by atoms with Crippen molar-refractivity contribution in [2.24, 2.45) is 0 Å². The highest BCUT2D eigenvalue weighted by Gasteiger charge is 2.29. The molecule has 1 saturated heterocycles. The molecule has 1 aliphatic rings. The second kappa shape index (κ2) is 3.67. The van der Waals surface area contributed by atoms with E-state index < -0.39 is 5.82 Å². The Labute approximate surface area is 90.1 Å². The van der Waals surface area contributed by atoms with E-state index in [1.165, 1.54) is 22.7 Å². The molecule has 0 radical (unpaired) electrons. The van der Waals surface area contributed by atoms with Crippen molar-refractivity contribution in [3.63, 3.8) is 0 Å². The number of carbonyl (C=O) groups is 1. The van der Waals surface area contributed by atoms with E-state index in [4.69, 9.17) is 12.2 Å². The van der Waals surface area contributed by atoms with E-state index in [1.54, 1.807) is 18.2 Å². The number of hydrogen-bond donors (Lipinski definition) is 0. The topological polar surface area (TPSA) is 20.3 Å². The Kier molecular flexibility index (Phi) is 2.52. The fraction of sp³-hybridized carbons (Fsp3) is 0.111. The molecule has 14 heavy (non-hydrogen) atoms. The summed E-state index contributed by atoms with van der Waals surface area (Å²) in [6.07, 6.45) is 0. The van der Waals surface area contributed by atoms with E-state index in [0.29, 0.717) is 10.1 Å². The Morgan fingerprint density at radius 1 is 1.43 bits per heavy atom. The van der Waals surface area contributed by atoms with Crippen LogP contribution in [0.3, 0.4) is 0 Å². The largest absolute Gasteiger partial charge is 0.273 e. The maximum absolute atomic E-state index is 13.3. The molecular formula is C9H6FNOS2. The predicted octanol–water partition coefficient (Wildman–Crippen LogP) is 2.19. The summed E-state index contributed by atoms with van der Waals surface area (Å²) >= 11 is 6.22. The molecule has 0 saturated carbocycles. The van der Waals surface area contributed by atoms with E-state index in [1.807, 2.05) is 0 Å². The number of anilines is 1. The third kappa shape index (κ3) is 1.53. The highest BCUT2D eigenvalue weighted by atomic mass is 32.2. The second-order valence-electron chi connectivity index (χ2n) is 2.74. The minimum absolute atomic E-state index is 0.162. The van der Waals surface area contributed by atoms with Crippen LogP contribution in [-0.2, 0) is 4.79 Å². The summed E-state index contributed by atoms with van der Waals surface area (Å²) in [6.45, 7) is 0. The average molecular weight is 227 g/mol. The van der Waals surface area contributed by atoms with Crippen molar-refractivity contribution in [3.8, 4) is 0 Å². The van der Waals surface area contributed by atoms with Crippen LogP contribution in [0, 0.1) is 5.82 Å². The summed E-state index contributed by atoms with van der Waals surface area (Å²) in [7, 11) is 0. The molecule has 72 valence electrons. The van der Waals surface area contributed by atoms with E-state index in [2.05, 4.69) is 0 Å². The maximum Gasteiger partial charge on any atom is 0.243 e. The van der Waals surface area contributed by atoms with Crippen LogP contribution < -0.4 is 4.90 Å². The van der Waals surface area contributed by atoms with Gasteiger partial charge in [0.1, 0.15) is 10.1 Å². The highest BCUT2D eigenvalue weighted by molar-refractivity contribution is 8.24. The quantitative estimate of drug-likeness (QED) is 0.686. The van der Waals surface area contributed by atoms with Crippen molar-refractivity contribution in [1.82, 2.24) is 0 Å². The summed E-state index contributed by atoms with van der Waals surface area (Å²) in [5, 5.41) is 0. The first-order chi connectivity index (χ1) is 6.70. The number of thiocarbonyl (C=S) groups is 1. The zero-order chi connectivity index (χ0) is 10.1. The van der Waals surface area contributed by atoms with E-state index >= 15 is 0 Å². The first-order valence-electron chi connectivity index (χ1n) is 3.94. The number of hydrogen-bond acceptors (Lipinski definition) is 3. The molecule has 1 aromatic rings. The molecular weight excluding hydrogens is 221 g/mol. The first-order valence-corrected chi connectivity index (χ1v) is 5.34. The van der Waals surface area contributed by atoms with Gasteiger partial charge in [0.2, 0.25) is 5.91 Å². The second-order valence-corrected chi connectivity index (χ2v) is 4.34. The van der Waals surface area contributed by atoms with Crippen molar-refractivity contribution in [3.05, 3.63) is 30.1 Å². The van der Waals surface area contributed by atoms with Crippen LogP contribution in [0.2, 0.25) is 0 Å². The average Bonchev–Trinajstić information content (AvgIpc) is 2.48. The Hall–Kier alpha value is -0.940. The lowest BCUT2D eigenvalue weighted by molar-refractivity contribution is -0.115. The lowest BCUT2D eigenvalue weighted by Gasteiger charge is -2.15. The highest BCUT2D eigenvalue weighted by Crippen LogP contribution is 2.28. The number of thioether (sulfide) groups is 1. The first kappa shape index (κ1) is 9.61. The van der Waals surface area contributed by atoms with Crippen LogP contribution >= 0.6 is 24.0 Å². The molecule has 0 N–H and O–H groups in total. The summed E-state index contributed by atoms with van der Waals surface area (Å²) in [6, 6.07) is 6.12. The zero-order valence-electron chi connectivity index (χ0n) is 7.07. The van der Waals surface area contributed by atoms with Gasteiger partial charge in [0.05, 0.1) is 11.4 Å². The van der Waals surface area contributed by atoms with Crippen molar-refractivity contribution in [1.29, 1.82) is 0 Å². The van der Waals surface area contributed by atoms with Gasteiger partial charge in [-0.3, -0.25) is 9.69 Å². The van der Waals surface area contributed by atoms with Gasteiger partial charge >= 0.3 is 0 Å². The molecule has 1 amide bonds. The normalized spacial score (nSPS) is 16.5. The SMILES string of the molecule is O=C1CSC(=S)N1c1ccccc1F. The summed E-state index contributed by atoms with van der Waals surface area (Å²) in [5.41, 5.74) is 0.243. The van der Waals surface area contributed by atoms with Gasteiger partial charge in [-0.15, -0.1) is 0 Å². The van der Waals surface area contributed by atoms with Crippen LogP contribution in [-0.4, -0.2) is 16.0 Å². The van der Waals surface area contributed by atoms with Crippen LogP contribution in [0.1, 0.15) is 0 Å². The molecule has 1 fully saturated rings. The van der Waals surface area contributed by atoms with Gasteiger partial charge in [-0.25, -0.2) is 4.39 Å². The van der Waals surface area contributed by atoms with Crippen LogP contribution in [0.5, 0.6) is 0 Å². The number of para-hydroxylation sites is 1. The summed E-state index contributed by atoms with van der Waals surface area (Å²) < 4.78 is 13.7. The lowest BCUT2D eigenvalue weighted by atomic mass is 10.3. The molecule has 2 rings (SSSR count). The van der Waals surface area contributed by atoms with Gasteiger partial charge < -0.3 is 0 Å². The van der Waals surface area contributed by atoms with Crippen LogP contribution in [0.25, 0.3) is 0 Å². The van der Waals surface area contributed by atoms with Crippen molar-refractivity contribution < 1.29 is 9.18 Å². The van der Waals surface area contributed by atoms with E-state index in [-0.39, 0.29) is 11.6 Å². The molecule has 5 heteroatoms. The molecule has 0 atom stereocenters.